The first-order chi connectivity index (χ1) is 11.5. The zero-order valence-corrected chi connectivity index (χ0v) is 15.5. The third-order valence-electron chi connectivity index (χ3n) is 3.78. The van der Waals surface area contributed by atoms with Crippen LogP contribution in [0.25, 0.3) is 0 Å². The van der Waals surface area contributed by atoms with Gasteiger partial charge in [0.25, 0.3) is 0 Å². The molecule has 1 aliphatic rings. The number of carbonyl (C=O) groups excluding carboxylic acids is 1. The van der Waals surface area contributed by atoms with Gasteiger partial charge in [-0.15, -0.1) is 10.2 Å². The molecule has 3 heterocycles. The van der Waals surface area contributed by atoms with E-state index in [9.17, 15) is 4.79 Å². The van der Waals surface area contributed by atoms with Crippen LogP contribution >= 0.6 is 35.0 Å². The number of fused-ring (bicyclic) bond motifs is 1. The Morgan fingerprint density at radius 3 is 2.96 bits per heavy atom. The molecule has 1 N–H and O–H groups in total. The molecule has 0 aromatic carbocycles. The Balaban J connectivity index is 1.67. The van der Waals surface area contributed by atoms with Crippen molar-refractivity contribution in [3.8, 4) is 0 Å². The third-order valence-corrected chi connectivity index (χ3v) is 5.35. The van der Waals surface area contributed by atoms with Crippen molar-refractivity contribution in [1.29, 1.82) is 0 Å². The average Bonchev–Trinajstić information content (AvgIpc) is 2.78. The first-order valence-corrected chi connectivity index (χ1v) is 9.39. The lowest BCUT2D eigenvalue weighted by Crippen LogP contribution is -2.23. The highest BCUT2D eigenvalue weighted by Gasteiger charge is 2.22. The molecule has 0 saturated carbocycles. The summed E-state index contributed by atoms with van der Waals surface area (Å²) in [5.74, 6) is 1.12. The molecule has 3 rings (SSSR count). The second-order valence-corrected chi connectivity index (χ2v) is 7.75. The fourth-order valence-corrected chi connectivity index (χ4v) is 3.80. The van der Waals surface area contributed by atoms with Gasteiger partial charge in [-0.25, -0.2) is 4.98 Å². The zero-order chi connectivity index (χ0) is 17.1. The number of aryl methyl sites for hydroxylation is 1. The lowest BCUT2D eigenvalue weighted by atomic mass is 10.2. The maximum absolute atomic E-state index is 12.4. The molecule has 0 radical (unpaired) electrons. The molecule has 2 aromatic rings. The second-order valence-electron chi connectivity index (χ2n) is 5.59. The topological polar surface area (TPSA) is 72.7 Å². The number of rotatable bonds is 4. The van der Waals surface area contributed by atoms with E-state index >= 15 is 0 Å². The molecule has 0 saturated heterocycles. The van der Waals surface area contributed by atoms with E-state index < -0.39 is 0 Å². The van der Waals surface area contributed by atoms with E-state index in [2.05, 4.69) is 25.1 Å². The van der Waals surface area contributed by atoms with Gasteiger partial charge in [-0.1, -0.05) is 41.4 Å². The molecular formula is C15H17Cl2N5OS. The van der Waals surface area contributed by atoms with Gasteiger partial charge in [0.1, 0.15) is 5.82 Å². The Morgan fingerprint density at radius 2 is 2.17 bits per heavy atom. The second kappa shape index (κ2) is 7.72. The fourth-order valence-electron chi connectivity index (χ4n) is 2.48. The molecule has 9 heteroatoms. The van der Waals surface area contributed by atoms with Gasteiger partial charge in [-0.05, 0) is 25.8 Å². The number of halogens is 2. The normalized spacial score (nSPS) is 15.5. The fraction of sp³-hybridized carbons (Fsp3) is 0.467. The summed E-state index contributed by atoms with van der Waals surface area (Å²) in [6.45, 7) is 2.73. The summed E-state index contributed by atoms with van der Waals surface area (Å²) in [5, 5.41) is 12.4. The lowest BCUT2D eigenvalue weighted by Gasteiger charge is -2.13. The summed E-state index contributed by atoms with van der Waals surface area (Å²) >= 11 is 13.2. The van der Waals surface area contributed by atoms with Crippen molar-refractivity contribution < 1.29 is 4.79 Å². The predicted octanol–water partition coefficient (Wildman–Crippen LogP) is 3.83. The van der Waals surface area contributed by atoms with E-state index in [4.69, 9.17) is 23.2 Å². The smallest absolute Gasteiger partial charge is 0.238 e. The number of nitrogens with one attached hydrogen (secondary N) is 1. The first-order valence-electron chi connectivity index (χ1n) is 7.75. The van der Waals surface area contributed by atoms with Crippen molar-refractivity contribution in [3.05, 3.63) is 28.1 Å². The van der Waals surface area contributed by atoms with Crippen molar-refractivity contribution >= 4 is 46.7 Å². The molecule has 0 aliphatic carbocycles. The highest BCUT2D eigenvalue weighted by molar-refractivity contribution is 8.00. The van der Waals surface area contributed by atoms with Crippen LogP contribution in [0.1, 0.15) is 32.0 Å². The molecule has 0 bridgehead atoms. The Morgan fingerprint density at radius 1 is 1.33 bits per heavy atom. The quantitative estimate of drug-likeness (QED) is 0.809. The predicted molar refractivity (Wildman–Crippen MR) is 95.8 cm³/mol. The van der Waals surface area contributed by atoms with Gasteiger partial charge < -0.3 is 9.88 Å². The summed E-state index contributed by atoms with van der Waals surface area (Å²) in [4.78, 5) is 16.4. The zero-order valence-electron chi connectivity index (χ0n) is 13.1. The lowest BCUT2D eigenvalue weighted by molar-refractivity contribution is -0.115. The number of aromatic nitrogens is 4. The molecule has 1 amide bonds. The molecule has 24 heavy (non-hydrogen) atoms. The van der Waals surface area contributed by atoms with Gasteiger partial charge in [0.05, 0.1) is 15.3 Å². The maximum atomic E-state index is 12.4. The van der Waals surface area contributed by atoms with E-state index in [1.807, 2.05) is 6.92 Å². The largest absolute Gasteiger partial charge is 0.308 e. The van der Waals surface area contributed by atoms with Crippen molar-refractivity contribution in [2.75, 3.05) is 5.32 Å². The minimum atomic E-state index is -0.352. The molecule has 0 spiro atoms. The minimum absolute atomic E-state index is 0.192. The SMILES string of the molecule is CC(Sc1nnc2n1CCCCC2)C(=O)Nc1ncc(Cl)cc1Cl. The first kappa shape index (κ1) is 17.5. The number of nitrogens with zero attached hydrogens (tertiary/aromatic N) is 4. The molecule has 6 nitrogen and oxygen atoms in total. The van der Waals surface area contributed by atoms with E-state index in [0.29, 0.717) is 15.9 Å². The van der Waals surface area contributed by atoms with Gasteiger partial charge in [-0.2, -0.15) is 0 Å². The Bertz CT molecular complexity index is 751. The number of hydrogen-bond acceptors (Lipinski definition) is 5. The Hall–Kier alpha value is -1.31. The van der Waals surface area contributed by atoms with E-state index in [1.165, 1.54) is 24.4 Å². The van der Waals surface area contributed by atoms with Crippen molar-refractivity contribution in [2.24, 2.45) is 0 Å². The summed E-state index contributed by atoms with van der Waals surface area (Å²) in [7, 11) is 0. The van der Waals surface area contributed by atoms with Crippen LogP contribution in [-0.2, 0) is 17.8 Å². The summed E-state index contributed by atoms with van der Waals surface area (Å²) < 4.78 is 2.12. The summed E-state index contributed by atoms with van der Waals surface area (Å²) in [6.07, 6.45) is 5.84. The number of hydrogen-bond donors (Lipinski definition) is 1. The van der Waals surface area contributed by atoms with Crippen LogP contribution in [0.4, 0.5) is 5.82 Å². The highest BCUT2D eigenvalue weighted by Crippen LogP contribution is 2.27. The van der Waals surface area contributed by atoms with E-state index in [-0.39, 0.29) is 11.2 Å². The van der Waals surface area contributed by atoms with Crippen LogP contribution in [0, 0.1) is 0 Å². The Labute approximate surface area is 154 Å². The highest BCUT2D eigenvalue weighted by atomic mass is 35.5. The average molecular weight is 386 g/mol. The molecule has 1 aliphatic heterocycles. The number of pyridine rings is 1. The summed E-state index contributed by atoms with van der Waals surface area (Å²) in [5.41, 5.74) is 0. The number of thioether (sulfide) groups is 1. The monoisotopic (exact) mass is 385 g/mol. The number of carbonyl (C=O) groups is 1. The van der Waals surface area contributed by atoms with Crippen molar-refractivity contribution in [2.45, 2.75) is 49.6 Å². The molecule has 1 atom stereocenters. The van der Waals surface area contributed by atoms with Gasteiger partial charge in [0.15, 0.2) is 11.0 Å². The molecule has 2 aromatic heterocycles. The minimum Gasteiger partial charge on any atom is -0.308 e. The van der Waals surface area contributed by atoms with Gasteiger partial charge in [-0.3, -0.25) is 4.79 Å². The number of amides is 1. The molecule has 128 valence electrons. The Kier molecular flexibility index (Phi) is 5.63. The van der Waals surface area contributed by atoms with Crippen LogP contribution in [0.3, 0.4) is 0 Å². The standard InChI is InChI=1S/C15H17Cl2N5OS/c1-9(14(23)19-13-11(17)7-10(16)8-18-13)24-15-21-20-12-5-3-2-4-6-22(12)15/h7-9H,2-6H2,1H3,(H,18,19,23). The number of anilines is 1. The van der Waals surface area contributed by atoms with Gasteiger partial charge in [0, 0.05) is 19.2 Å². The van der Waals surface area contributed by atoms with E-state index in [1.54, 1.807) is 6.07 Å². The van der Waals surface area contributed by atoms with Crippen LogP contribution in [0.5, 0.6) is 0 Å². The van der Waals surface area contributed by atoms with Crippen LogP contribution in [0.2, 0.25) is 10.0 Å². The van der Waals surface area contributed by atoms with Crippen LogP contribution in [0.15, 0.2) is 17.4 Å². The maximum Gasteiger partial charge on any atom is 0.238 e. The summed E-state index contributed by atoms with van der Waals surface area (Å²) in [6, 6.07) is 1.54. The van der Waals surface area contributed by atoms with Crippen molar-refractivity contribution in [1.82, 2.24) is 19.7 Å². The van der Waals surface area contributed by atoms with Gasteiger partial charge in [0.2, 0.25) is 5.91 Å². The van der Waals surface area contributed by atoms with Crippen LogP contribution < -0.4 is 5.32 Å². The van der Waals surface area contributed by atoms with Crippen molar-refractivity contribution in [3.63, 3.8) is 0 Å². The third kappa shape index (κ3) is 4.02. The molecule has 0 fully saturated rings. The van der Waals surface area contributed by atoms with Gasteiger partial charge >= 0.3 is 0 Å². The molecule has 1 unspecified atom stereocenters. The molecular weight excluding hydrogens is 369 g/mol. The van der Waals surface area contributed by atoms with Crippen LogP contribution in [-0.4, -0.2) is 30.9 Å². The van der Waals surface area contributed by atoms with E-state index in [0.717, 1.165) is 36.8 Å².